The molecule has 4 heterocycles. The molecule has 320 valence electrons. The van der Waals surface area contributed by atoms with Crippen LogP contribution in [0.5, 0.6) is 0 Å². The van der Waals surface area contributed by atoms with Crippen LogP contribution in [0.2, 0.25) is 0 Å². The Morgan fingerprint density at radius 2 is 1.00 bits per heavy atom. The Balaban J connectivity index is 1.06. The van der Waals surface area contributed by atoms with Gasteiger partial charge in [-0.2, -0.15) is 0 Å². The molecule has 1 aliphatic rings. The molecule has 1 atom stereocenters. The summed E-state index contributed by atoms with van der Waals surface area (Å²) < 4.78 is 4.75. The van der Waals surface area contributed by atoms with Gasteiger partial charge in [0.15, 0.2) is 23.3 Å². The molecule has 0 bridgehead atoms. The number of aromatic nitrogens is 4. The predicted octanol–water partition coefficient (Wildman–Crippen LogP) is 14.5. The molecule has 0 amide bonds. The molecule has 0 radical (unpaired) electrons. The van der Waals surface area contributed by atoms with Crippen molar-refractivity contribution < 1.29 is 0 Å². The van der Waals surface area contributed by atoms with Crippen LogP contribution in [0.15, 0.2) is 234 Å². The average Bonchev–Trinajstić information content (AvgIpc) is 3.98. The summed E-state index contributed by atoms with van der Waals surface area (Å²) in [6, 6.07) is 78.1. The maximum absolute atomic E-state index is 5.48. The van der Waals surface area contributed by atoms with Gasteiger partial charge in [-0.25, -0.2) is 24.9 Å². The number of para-hydroxylation sites is 2. The number of nitrogens with one attached hydrogen (secondary N) is 1. The first-order valence-electron chi connectivity index (χ1n) is 22.7. The number of amidine groups is 2. The minimum absolute atomic E-state index is 0.505. The Kier molecular flexibility index (Phi) is 9.61. The van der Waals surface area contributed by atoms with Crippen LogP contribution in [-0.2, 0) is 0 Å². The monoisotopic (exact) mass is 889 g/mol. The molecule has 13 rings (SSSR count). The quantitative estimate of drug-likeness (QED) is 0.165. The highest BCUT2D eigenvalue weighted by Crippen LogP contribution is 2.43. The maximum atomic E-state index is 5.48. The number of hydrogen-bond acceptors (Lipinski definition) is 7. The lowest BCUT2D eigenvalue weighted by atomic mass is 9.92. The summed E-state index contributed by atoms with van der Waals surface area (Å²) in [5, 5.41) is 8.49. The van der Waals surface area contributed by atoms with Crippen LogP contribution in [0, 0.1) is 0 Å². The van der Waals surface area contributed by atoms with E-state index < -0.39 is 6.17 Å². The van der Waals surface area contributed by atoms with Crippen molar-refractivity contribution in [3.05, 3.63) is 241 Å². The number of nitrogens with zero attached hydrogens (tertiary/aromatic N) is 6. The third-order valence-corrected chi connectivity index (χ3v) is 14.0. The third kappa shape index (κ3) is 6.85. The Hall–Kier alpha value is -8.85. The van der Waals surface area contributed by atoms with E-state index in [1.165, 1.54) is 15.5 Å². The largest absolute Gasteiger partial charge is 0.344 e. The van der Waals surface area contributed by atoms with Gasteiger partial charge >= 0.3 is 0 Å². The summed E-state index contributed by atoms with van der Waals surface area (Å²) in [4.78, 5) is 26.5. The fourth-order valence-electron chi connectivity index (χ4n) is 9.59. The van der Waals surface area contributed by atoms with Crippen molar-refractivity contribution in [1.29, 1.82) is 0 Å². The lowest BCUT2D eigenvalue weighted by Crippen LogP contribution is -2.33. The van der Waals surface area contributed by atoms with Gasteiger partial charge in [-0.05, 0) is 59.2 Å². The van der Waals surface area contributed by atoms with Gasteiger partial charge in [-0.15, -0.1) is 11.3 Å². The Morgan fingerprint density at radius 1 is 0.426 bits per heavy atom. The van der Waals surface area contributed by atoms with Crippen LogP contribution in [0.4, 0.5) is 0 Å². The first-order valence-corrected chi connectivity index (χ1v) is 23.5. The van der Waals surface area contributed by atoms with Gasteiger partial charge in [0.05, 0.1) is 11.0 Å². The molecule has 0 fully saturated rings. The van der Waals surface area contributed by atoms with E-state index in [1.54, 1.807) is 11.3 Å². The highest BCUT2D eigenvalue weighted by Gasteiger charge is 2.26. The summed E-state index contributed by atoms with van der Waals surface area (Å²) in [7, 11) is 0. The molecule has 0 saturated heterocycles. The van der Waals surface area contributed by atoms with Gasteiger partial charge in [0.25, 0.3) is 0 Å². The second kappa shape index (κ2) is 16.5. The predicted molar refractivity (Wildman–Crippen MR) is 281 cm³/mol. The fourth-order valence-corrected chi connectivity index (χ4v) is 10.8. The van der Waals surface area contributed by atoms with Crippen molar-refractivity contribution in [1.82, 2.24) is 24.8 Å². The first-order chi connectivity index (χ1) is 33.7. The number of thiophene rings is 1. The van der Waals surface area contributed by atoms with Crippen molar-refractivity contribution in [2.75, 3.05) is 0 Å². The van der Waals surface area contributed by atoms with Crippen LogP contribution in [0.25, 0.3) is 93.0 Å². The summed E-state index contributed by atoms with van der Waals surface area (Å²) in [5.41, 5.74) is 11.0. The third-order valence-electron chi connectivity index (χ3n) is 12.7. The molecule has 8 heteroatoms. The van der Waals surface area contributed by atoms with E-state index in [0.29, 0.717) is 23.3 Å². The van der Waals surface area contributed by atoms with E-state index in [0.717, 1.165) is 82.5 Å². The SMILES string of the molecule is c1ccc(C2=NC(c3cccc4c3sc3ccccc34)=NC(c3ccc(-c4cccc5c4c4ccccc4n5-c4ccccc4)c(-c4nc(-c5ccccc5)nc(-c5ccccc5)n4)c3)N2)cc1. The van der Waals surface area contributed by atoms with E-state index in [9.17, 15) is 0 Å². The molecular weight excluding hydrogens is 851 g/mol. The fraction of sp³-hybridized carbons (Fsp3) is 0.0167. The normalized spacial score (nSPS) is 13.7. The van der Waals surface area contributed by atoms with Crippen LogP contribution < -0.4 is 5.32 Å². The molecule has 0 spiro atoms. The zero-order valence-corrected chi connectivity index (χ0v) is 37.3. The van der Waals surface area contributed by atoms with E-state index >= 15 is 0 Å². The minimum atomic E-state index is -0.505. The molecule has 68 heavy (non-hydrogen) atoms. The standard InChI is InChI=1S/C60H39N7S/c1-5-19-38(20-6-1)55-61-56(39-21-7-2-8-22-39)65-60(64-55)49-37-41(35-36-43(49)45-29-18-33-51-53(45)47-28-13-15-32-50(47)67(51)42-25-11-4-12-26-42)58-62-57(40-23-9-3-10-24-40)63-59(66-58)48-31-17-30-46-44-27-14-16-34-52(44)68-54(46)48/h1-37,58H,(H,62,63,66). The summed E-state index contributed by atoms with van der Waals surface area (Å²) >= 11 is 1.78. The van der Waals surface area contributed by atoms with Gasteiger partial charge < -0.3 is 9.88 Å². The Morgan fingerprint density at radius 3 is 1.74 bits per heavy atom. The highest BCUT2D eigenvalue weighted by atomic mass is 32.1. The Bertz CT molecular complexity index is 3880. The number of benzene rings is 9. The van der Waals surface area contributed by atoms with Crippen LogP contribution >= 0.6 is 11.3 Å². The van der Waals surface area contributed by atoms with E-state index in [2.05, 4.69) is 155 Å². The smallest absolute Gasteiger partial charge is 0.164 e. The van der Waals surface area contributed by atoms with Gasteiger partial charge in [-0.3, -0.25) is 0 Å². The second-order valence-electron chi connectivity index (χ2n) is 16.8. The molecule has 1 unspecified atom stereocenters. The van der Waals surface area contributed by atoms with Crippen molar-refractivity contribution >= 4 is 65.0 Å². The first kappa shape index (κ1) is 39.5. The molecule has 3 aromatic heterocycles. The van der Waals surface area contributed by atoms with Gasteiger partial charge in [0.1, 0.15) is 12.0 Å². The maximum Gasteiger partial charge on any atom is 0.164 e. The van der Waals surface area contributed by atoms with Gasteiger partial charge in [0.2, 0.25) is 0 Å². The average molecular weight is 890 g/mol. The molecule has 9 aromatic carbocycles. The zero-order chi connectivity index (χ0) is 45.0. The van der Waals surface area contributed by atoms with Crippen molar-refractivity contribution in [3.63, 3.8) is 0 Å². The number of aliphatic imine (C=N–C) groups is 2. The second-order valence-corrected chi connectivity index (χ2v) is 17.9. The molecule has 1 N–H and O–H groups in total. The van der Waals surface area contributed by atoms with Gasteiger partial charge in [-0.1, -0.05) is 182 Å². The summed E-state index contributed by atoms with van der Waals surface area (Å²) in [5.74, 6) is 3.17. The molecule has 12 aromatic rings. The lowest BCUT2D eigenvalue weighted by Gasteiger charge is -2.25. The highest BCUT2D eigenvalue weighted by molar-refractivity contribution is 7.26. The number of fused-ring (bicyclic) bond motifs is 6. The molecule has 0 aliphatic carbocycles. The van der Waals surface area contributed by atoms with E-state index in [1.807, 2.05) is 78.9 Å². The molecular formula is C60H39N7S. The minimum Gasteiger partial charge on any atom is -0.344 e. The van der Waals surface area contributed by atoms with E-state index in [4.69, 9.17) is 24.9 Å². The summed E-state index contributed by atoms with van der Waals surface area (Å²) in [6.07, 6.45) is -0.505. The van der Waals surface area contributed by atoms with Crippen LogP contribution in [-0.4, -0.2) is 31.2 Å². The molecule has 7 nitrogen and oxygen atoms in total. The van der Waals surface area contributed by atoms with Crippen molar-refractivity contribution in [3.8, 4) is 51.0 Å². The lowest BCUT2D eigenvalue weighted by molar-refractivity contribution is 0.674. The topological polar surface area (TPSA) is 80.3 Å². The number of hydrogen-bond donors (Lipinski definition) is 1. The van der Waals surface area contributed by atoms with Crippen molar-refractivity contribution in [2.45, 2.75) is 6.17 Å². The zero-order valence-electron chi connectivity index (χ0n) is 36.5. The van der Waals surface area contributed by atoms with E-state index in [-0.39, 0.29) is 0 Å². The molecule has 0 saturated carbocycles. The molecule has 1 aliphatic heterocycles. The van der Waals surface area contributed by atoms with Crippen molar-refractivity contribution in [2.24, 2.45) is 9.98 Å². The van der Waals surface area contributed by atoms with Crippen LogP contribution in [0.3, 0.4) is 0 Å². The Labute approximate surface area is 396 Å². The van der Waals surface area contributed by atoms with Crippen LogP contribution in [0.1, 0.15) is 22.9 Å². The van der Waals surface area contributed by atoms with Gasteiger partial charge in [0, 0.05) is 64.4 Å². The number of rotatable bonds is 8. The summed E-state index contributed by atoms with van der Waals surface area (Å²) in [6.45, 7) is 0.